The number of nitrogens with one attached hydrogen (secondary N) is 1. The lowest BCUT2D eigenvalue weighted by atomic mass is 9.77. The number of ether oxygens (including phenoxy) is 1. The summed E-state index contributed by atoms with van der Waals surface area (Å²) in [7, 11) is 1.76. The minimum absolute atomic E-state index is 0.0580. The molecule has 0 bridgehead atoms. The van der Waals surface area contributed by atoms with Crippen LogP contribution in [0.4, 0.5) is 8.78 Å². The lowest BCUT2D eigenvalue weighted by molar-refractivity contribution is -0.136. The van der Waals surface area contributed by atoms with Gasteiger partial charge in [-0.05, 0) is 42.5 Å². The highest BCUT2D eigenvalue weighted by Crippen LogP contribution is 2.31. The van der Waals surface area contributed by atoms with Gasteiger partial charge in [0.05, 0.1) is 6.04 Å². The van der Waals surface area contributed by atoms with Crippen LogP contribution < -0.4 is 10.1 Å². The molecule has 1 aliphatic rings. The van der Waals surface area contributed by atoms with Crippen LogP contribution in [0.25, 0.3) is 0 Å². The summed E-state index contributed by atoms with van der Waals surface area (Å²) in [6.45, 7) is 2.66. The van der Waals surface area contributed by atoms with E-state index in [1.165, 1.54) is 12.1 Å². The van der Waals surface area contributed by atoms with E-state index in [-0.39, 0.29) is 23.1 Å². The lowest BCUT2D eigenvalue weighted by Gasteiger charge is -2.40. The standard InChI is InChI=1S/C17H24F2N2O2/c1-17(2)9-4-10-20-14(17)15(22)21(3)11-12-5-7-13(8-6-12)23-16(18)19/h5-8,14,16,20H,4,9-11H2,1-3H3. The van der Waals surface area contributed by atoms with Crippen LogP contribution in [0.2, 0.25) is 0 Å². The second kappa shape index (κ2) is 7.25. The third-order valence-electron chi connectivity index (χ3n) is 4.32. The van der Waals surface area contributed by atoms with E-state index >= 15 is 0 Å². The molecular formula is C17H24F2N2O2. The van der Waals surface area contributed by atoms with Crippen molar-refractivity contribution in [1.29, 1.82) is 0 Å². The van der Waals surface area contributed by atoms with Crippen LogP contribution in [-0.4, -0.2) is 37.1 Å². The van der Waals surface area contributed by atoms with Crippen molar-refractivity contribution in [2.45, 2.75) is 45.9 Å². The van der Waals surface area contributed by atoms with Crippen LogP contribution in [-0.2, 0) is 11.3 Å². The van der Waals surface area contributed by atoms with E-state index in [4.69, 9.17) is 0 Å². The molecule has 1 aliphatic heterocycles. The molecule has 1 N–H and O–H groups in total. The quantitative estimate of drug-likeness (QED) is 0.904. The SMILES string of the molecule is CN(Cc1ccc(OC(F)F)cc1)C(=O)C1NCCCC1(C)C. The van der Waals surface area contributed by atoms with E-state index in [0.717, 1.165) is 24.9 Å². The van der Waals surface area contributed by atoms with Crippen molar-refractivity contribution in [1.82, 2.24) is 10.2 Å². The van der Waals surface area contributed by atoms with Gasteiger partial charge in [0.25, 0.3) is 0 Å². The Morgan fingerprint density at radius 2 is 2.04 bits per heavy atom. The lowest BCUT2D eigenvalue weighted by Crippen LogP contribution is -2.55. The van der Waals surface area contributed by atoms with Gasteiger partial charge in [0, 0.05) is 13.6 Å². The van der Waals surface area contributed by atoms with Crippen molar-refractivity contribution < 1.29 is 18.3 Å². The number of piperidine rings is 1. The molecule has 6 heteroatoms. The van der Waals surface area contributed by atoms with Crippen molar-refractivity contribution in [3.05, 3.63) is 29.8 Å². The molecule has 1 fully saturated rings. The van der Waals surface area contributed by atoms with Gasteiger partial charge in [-0.25, -0.2) is 0 Å². The molecule has 23 heavy (non-hydrogen) atoms. The third kappa shape index (κ3) is 4.64. The summed E-state index contributed by atoms with van der Waals surface area (Å²) >= 11 is 0. The van der Waals surface area contributed by atoms with Gasteiger partial charge in [0.15, 0.2) is 0 Å². The number of benzene rings is 1. The molecule has 1 saturated heterocycles. The maximum absolute atomic E-state index is 12.7. The Hall–Kier alpha value is -1.69. The second-order valence-electron chi connectivity index (χ2n) is 6.70. The number of alkyl halides is 2. The number of rotatable bonds is 5. The average Bonchev–Trinajstić information content (AvgIpc) is 2.47. The molecule has 1 unspecified atom stereocenters. The van der Waals surface area contributed by atoms with Crippen molar-refractivity contribution >= 4 is 5.91 Å². The van der Waals surface area contributed by atoms with Crippen LogP contribution in [0.15, 0.2) is 24.3 Å². The van der Waals surface area contributed by atoms with Gasteiger partial charge in [-0.1, -0.05) is 26.0 Å². The van der Waals surface area contributed by atoms with E-state index < -0.39 is 6.61 Å². The molecule has 0 aromatic heterocycles. The van der Waals surface area contributed by atoms with Crippen LogP contribution in [0.3, 0.4) is 0 Å². The molecular weight excluding hydrogens is 302 g/mol. The van der Waals surface area contributed by atoms with E-state index in [1.54, 1.807) is 24.1 Å². The van der Waals surface area contributed by atoms with Crippen LogP contribution >= 0.6 is 0 Å². The van der Waals surface area contributed by atoms with E-state index in [9.17, 15) is 13.6 Å². The summed E-state index contributed by atoms with van der Waals surface area (Å²) in [6.07, 6.45) is 2.09. The summed E-state index contributed by atoms with van der Waals surface area (Å²) in [5, 5.41) is 3.31. The van der Waals surface area contributed by atoms with Crippen molar-refractivity contribution in [2.24, 2.45) is 5.41 Å². The molecule has 1 atom stereocenters. The average molecular weight is 326 g/mol. The fourth-order valence-electron chi connectivity index (χ4n) is 2.98. The minimum atomic E-state index is -2.83. The zero-order valence-corrected chi connectivity index (χ0v) is 13.8. The number of nitrogens with zero attached hydrogens (tertiary/aromatic N) is 1. The number of hydrogen-bond donors (Lipinski definition) is 1. The first-order valence-corrected chi connectivity index (χ1v) is 7.82. The fraction of sp³-hybridized carbons (Fsp3) is 0.588. The van der Waals surface area contributed by atoms with Gasteiger partial charge in [-0.3, -0.25) is 4.79 Å². The molecule has 1 aromatic carbocycles. The zero-order chi connectivity index (χ0) is 17.0. The van der Waals surface area contributed by atoms with Crippen LogP contribution in [0.1, 0.15) is 32.3 Å². The fourth-order valence-corrected chi connectivity index (χ4v) is 2.98. The highest BCUT2D eigenvalue weighted by Gasteiger charge is 2.38. The van der Waals surface area contributed by atoms with E-state index in [0.29, 0.717) is 6.54 Å². The summed E-state index contributed by atoms with van der Waals surface area (Å²) in [5.41, 5.74) is 0.800. The molecule has 0 radical (unpaired) electrons. The van der Waals surface area contributed by atoms with Gasteiger partial charge < -0.3 is 15.0 Å². The van der Waals surface area contributed by atoms with Gasteiger partial charge in [0.2, 0.25) is 5.91 Å². The normalized spacial score (nSPS) is 20.3. The van der Waals surface area contributed by atoms with Crippen LogP contribution in [0.5, 0.6) is 5.75 Å². The highest BCUT2D eigenvalue weighted by atomic mass is 19.3. The summed E-state index contributed by atoms with van der Waals surface area (Å²) in [5.74, 6) is 0.176. The van der Waals surface area contributed by atoms with Crippen molar-refractivity contribution in [3.63, 3.8) is 0 Å². The summed E-state index contributed by atoms with van der Waals surface area (Å²) in [4.78, 5) is 14.3. The largest absolute Gasteiger partial charge is 0.435 e. The third-order valence-corrected chi connectivity index (χ3v) is 4.32. The van der Waals surface area contributed by atoms with Crippen molar-refractivity contribution in [3.8, 4) is 5.75 Å². The van der Waals surface area contributed by atoms with E-state index in [2.05, 4.69) is 23.9 Å². The molecule has 0 saturated carbocycles. The number of likely N-dealkylation sites (N-methyl/N-ethyl adjacent to an activating group) is 1. The van der Waals surface area contributed by atoms with Crippen LogP contribution in [0, 0.1) is 5.41 Å². The molecule has 1 amide bonds. The number of carbonyl (C=O) groups is 1. The number of halogens is 2. The maximum Gasteiger partial charge on any atom is 0.387 e. The Morgan fingerprint density at radius 1 is 1.39 bits per heavy atom. The predicted octanol–water partition coefficient (Wildman–Crippen LogP) is 3.02. The van der Waals surface area contributed by atoms with Gasteiger partial charge in [0.1, 0.15) is 5.75 Å². The van der Waals surface area contributed by atoms with Gasteiger partial charge >= 0.3 is 6.61 Å². The highest BCUT2D eigenvalue weighted by molar-refractivity contribution is 5.82. The topological polar surface area (TPSA) is 41.6 Å². The Kier molecular flexibility index (Phi) is 5.57. The number of carbonyl (C=O) groups excluding carboxylic acids is 1. The summed E-state index contributed by atoms with van der Waals surface area (Å²) < 4.78 is 28.6. The smallest absolute Gasteiger partial charge is 0.387 e. The van der Waals surface area contributed by atoms with Crippen molar-refractivity contribution in [2.75, 3.05) is 13.6 Å². The van der Waals surface area contributed by atoms with E-state index in [1.807, 2.05) is 0 Å². The minimum Gasteiger partial charge on any atom is -0.435 e. The molecule has 1 aromatic rings. The van der Waals surface area contributed by atoms with Gasteiger partial charge in [-0.2, -0.15) is 8.78 Å². The second-order valence-corrected chi connectivity index (χ2v) is 6.70. The first kappa shape index (κ1) is 17.7. The molecule has 0 spiro atoms. The zero-order valence-electron chi connectivity index (χ0n) is 13.8. The number of amides is 1. The molecule has 4 nitrogen and oxygen atoms in total. The first-order chi connectivity index (χ1) is 10.8. The summed E-state index contributed by atoms with van der Waals surface area (Å²) in [6, 6.07) is 6.18. The Bertz CT molecular complexity index is 532. The maximum atomic E-state index is 12.7. The van der Waals surface area contributed by atoms with Gasteiger partial charge in [-0.15, -0.1) is 0 Å². The predicted molar refractivity (Wildman–Crippen MR) is 84.4 cm³/mol. The molecule has 2 rings (SSSR count). The Labute approximate surface area is 135 Å². The molecule has 0 aliphatic carbocycles. The Morgan fingerprint density at radius 3 is 2.61 bits per heavy atom. The number of hydrogen-bond acceptors (Lipinski definition) is 3. The monoisotopic (exact) mass is 326 g/mol. The Balaban J connectivity index is 1.97. The first-order valence-electron chi connectivity index (χ1n) is 7.82. The molecule has 128 valence electrons. The molecule has 1 heterocycles.